The average Bonchev–Trinajstić information content (AvgIpc) is 2.75. The van der Waals surface area contributed by atoms with Gasteiger partial charge in [-0.1, -0.05) is 0 Å². The van der Waals surface area contributed by atoms with Gasteiger partial charge in [0.15, 0.2) is 5.82 Å². The third-order valence-electron chi connectivity index (χ3n) is 3.68. The van der Waals surface area contributed by atoms with Crippen LogP contribution in [0.3, 0.4) is 0 Å². The van der Waals surface area contributed by atoms with E-state index in [1.807, 2.05) is 11.9 Å². The van der Waals surface area contributed by atoms with Crippen molar-refractivity contribution in [2.75, 3.05) is 37.8 Å². The highest BCUT2D eigenvalue weighted by molar-refractivity contribution is 5.91. The first-order valence-corrected chi connectivity index (χ1v) is 6.46. The van der Waals surface area contributed by atoms with Crippen LogP contribution >= 0.6 is 0 Å². The third-order valence-corrected chi connectivity index (χ3v) is 3.68. The Morgan fingerprint density at radius 1 is 1.58 bits per heavy atom. The number of aromatic nitrogens is 1. The molecule has 19 heavy (non-hydrogen) atoms. The first-order valence-electron chi connectivity index (χ1n) is 6.46. The average molecular weight is 263 g/mol. The van der Waals surface area contributed by atoms with Gasteiger partial charge in [0.1, 0.15) is 5.69 Å². The zero-order valence-electron chi connectivity index (χ0n) is 11.5. The van der Waals surface area contributed by atoms with Crippen LogP contribution in [0.4, 0.5) is 11.5 Å². The molecule has 1 fully saturated rings. The second-order valence-corrected chi connectivity index (χ2v) is 5.13. The van der Waals surface area contributed by atoms with Crippen molar-refractivity contribution >= 4 is 17.4 Å². The minimum atomic E-state index is -0.535. The van der Waals surface area contributed by atoms with Crippen molar-refractivity contribution in [3.05, 3.63) is 17.8 Å². The van der Waals surface area contributed by atoms with Gasteiger partial charge < -0.3 is 21.3 Å². The Labute approximate surface area is 113 Å². The fourth-order valence-electron chi connectivity index (χ4n) is 2.51. The third kappa shape index (κ3) is 2.96. The maximum atomic E-state index is 11.2. The van der Waals surface area contributed by atoms with Crippen molar-refractivity contribution in [2.45, 2.75) is 18.9 Å². The Bertz CT molecular complexity index is 476. The number of anilines is 2. The molecule has 4 N–H and O–H groups in total. The molecular formula is C13H21N5O. The number of pyridine rings is 1. The van der Waals surface area contributed by atoms with Gasteiger partial charge >= 0.3 is 0 Å². The van der Waals surface area contributed by atoms with E-state index in [9.17, 15) is 4.79 Å². The van der Waals surface area contributed by atoms with E-state index in [0.29, 0.717) is 17.5 Å². The quantitative estimate of drug-likeness (QED) is 0.815. The standard InChI is InChI=1S/C13H21N5O/c1-17-7-3-4-9(17)8-18(2)13-10(14)5-6-11(16-13)12(15)19/h5-6,9H,3-4,7-8,14H2,1-2H3,(H2,15,19). The fourth-order valence-corrected chi connectivity index (χ4v) is 2.51. The monoisotopic (exact) mass is 263 g/mol. The minimum absolute atomic E-state index is 0.246. The number of carbonyl (C=O) groups is 1. The molecule has 0 bridgehead atoms. The molecule has 2 rings (SSSR count). The van der Waals surface area contributed by atoms with Gasteiger partial charge in [0.05, 0.1) is 5.69 Å². The number of carbonyl (C=O) groups excluding carboxylic acids is 1. The van der Waals surface area contributed by atoms with E-state index in [2.05, 4.69) is 16.9 Å². The van der Waals surface area contributed by atoms with E-state index < -0.39 is 5.91 Å². The highest BCUT2D eigenvalue weighted by Gasteiger charge is 2.23. The van der Waals surface area contributed by atoms with Crippen LogP contribution in [0.2, 0.25) is 0 Å². The second-order valence-electron chi connectivity index (χ2n) is 5.13. The lowest BCUT2D eigenvalue weighted by atomic mass is 10.2. The van der Waals surface area contributed by atoms with Gasteiger partial charge in [-0.3, -0.25) is 4.79 Å². The number of hydrogen-bond donors (Lipinski definition) is 2. The number of hydrogen-bond acceptors (Lipinski definition) is 5. The number of primary amides is 1. The number of likely N-dealkylation sites (N-methyl/N-ethyl adjacent to an activating group) is 2. The topological polar surface area (TPSA) is 88.5 Å². The highest BCUT2D eigenvalue weighted by Crippen LogP contribution is 2.22. The van der Waals surface area contributed by atoms with E-state index >= 15 is 0 Å². The van der Waals surface area contributed by atoms with E-state index in [1.165, 1.54) is 12.8 Å². The first-order chi connectivity index (χ1) is 8.99. The predicted octanol–water partition coefficient (Wildman–Crippen LogP) is 0.293. The van der Waals surface area contributed by atoms with Gasteiger partial charge in [-0.25, -0.2) is 4.98 Å². The molecule has 1 aliphatic rings. The molecule has 1 unspecified atom stereocenters. The molecule has 0 radical (unpaired) electrons. The van der Waals surface area contributed by atoms with Gasteiger partial charge in [0.25, 0.3) is 5.91 Å². The number of nitrogens with two attached hydrogens (primary N) is 2. The Kier molecular flexibility index (Phi) is 3.90. The molecule has 0 aromatic carbocycles. The summed E-state index contributed by atoms with van der Waals surface area (Å²) in [5.41, 5.74) is 12.0. The maximum absolute atomic E-state index is 11.2. The van der Waals surface area contributed by atoms with Gasteiger partial charge in [-0.05, 0) is 38.6 Å². The van der Waals surface area contributed by atoms with Crippen LogP contribution in [-0.2, 0) is 0 Å². The van der Waals surface area contributed by atoms with Crippen LogP contribution in [0.15, 0.2) is 12.1 Å². The molecule has 1 aromatic heterocycles. The maximum Gasteiger partial charge on any atom is 0.267 e. The number of rotatable bonds is 4. The molecule has 2 heterocycles. The van der Waals surface area contributed by atoms with Crippen molar-refractivity contribution in [3.63, 3.8) is 0 Å². The molecular weight excluding hydrogens is 242 g/mol. The van der Waals surface area contributed by atoms with Gasteiger partial charge in [0, 0.05) is 19.6 Å². The number of amides is 1. The molecule has 6 heteroatoms. The zero-order chi connectivity index (χ0) is 14.0. The first kappa shape index (κ1) is 13.6. The summed E-state index contributed by atoms with van der Waals surface area (Å²) in [7, 11) is 4.07. The van der Waals surface area contributed by atoms with E-state index in [0.717, 1.165) is 13.1 Å². The summed E-state index contributed by atoms with van der Waals surface area (Å²) in [5.74, 6) is 0.0873. The molecule has 1 amide bonds. The van der Waals surface area contributed by atoms with Crippen molar-refractivity contribution in [2.24, 2.45) is 5.73 Å². The summed E-state index contributed by atoms with van der Waals surface area (Å²) in [6.45, 7) is 1.97. The summed E-state index contributed by atoms with van der Waals surface area (Å²) in [4.78, 5) is 19.8. The smallest absolute Gasteiger partial charge is 0.267 e. The molecule has 1 aromatic rings. The molecule has 0 saturated carbocycles. The van der Waals surface area contributed by atoms with Gasteiger partial charge in [0.2, 0.25) is 0 Å². The highest BCUT2D eigenvalue weighted by atomic mass is 16.1. The van der Waals surface area contributed by atoms with Crippen molar-refractivity contribution in [1.29, 1.82) is 0 Å². The molecule has 1 atom stereocenters. The molecule has 1 aliphatic heterocycles. The minimum Gasteiger partial charge on any atom is -0.396 e. The summed E-state index contributed by atoms with van der Waals surface area (Å²) in [6, 6.07) is 3.73. The summed E-state index contributed by atoms with van der Waals surface area (Å²) < 4.78 is 0. The van der Waals surface area contributed by atoms with Crippen LogP contribution in [-0.4, -0.2) is 49.0 Å². The van der Waals surface area contributed by atoms with Gasteiger partial charge in [-0.2, -0.15) is 0 Å². The van der Waals surface area contributed by atoms with Crippen molar-refractivity contribution in [1.82, 2.24) is 9.88 Å². The van der Waals surface area contributed by atoms with E-state index in [-0.39, 0.29) is 5.69 Å². The molecule has 0 spiro atoms. The lowest BCUT2D eigenvalue weighted by Crippen LogP contribution is -2.37. The van der Waals surface area contributed by atoms with Crippen LogP contribution in [0.25, 0.3) is 0 Å². The van der Waals surface area contributed by atoms with E-state index in [1.54, 1.807) is 12.1 Å². The molecule has 104 valence electrons. The number of nitrogen functional groups attached to an aromatic ring is 1. The van der Waals surface area contributed by atoms with Crippen LogP contribution in [0, 0.1) is 0 Å². The van der Waals surface area contributed by atoms with Crippen molar-refractivity contribution < 1.29 is 4.79 Å². The van der Waals surface area contributed by atoms with Crippen LogP contribution < -0.4 is 16.4 Å². The number of nitrogens with zero attached hydrogens (tertiary/aromatic N) is 3. The van der Waals surface area contributed by atoms with E-state index in [4.69, 9.17) is 11.5 Å². The second kappa shape index (κ2) is 5.44. The predicted molar refractivity (Wildman–Crippen MR) is 76.1 cm³/mol. The number of likely N-dealkylation sites (tertiary alicyclic amines) is 1. The largest absolute Gasteiger partial charge is 0.396 e. The Morgan fingerprint density at radius 3 is 2.89 bits per heavy atom. The van der Waals surface area contributed by atoms with Crippen LogP contribution in [0.5, 0.6) is 0 Å². The zero-order valence-corrected chi connectivity index (χ0v) is 11.5. The SMILES string of the molecule is CN(CC1CCCN1C)c1nc(C(N)=O)ccc1N. The Balaban J connectivity index is 2.15. The molecule has 1 saturated heterocycles. The molecule has 6 nitrogen and oxygen atoms in total. The summed E-state index contributed by atoms with van der Waals surface area (Å²) >= 11 is 0. The fraction of sp³-hybridized carbons (Fsp3) is 0.538. The summed E-state index contributed by atoms with van der Waals surface area (Å²) in [5, 5.41) is 0. The summed E-state index contributed by atoms with van der Waals surface area (Å²) in [6.07, 6.45) is 2.40. The Hall–Kier alpha value is -1.82. The molecule has 0 aliphatic carbocycles. The normalized spacial score (nSPS) is 19.6. The van der Waals surface area contributed by atoms with Gasteiger partial charge in [-0.15, -0.1) is 0 Å². The Morgan fingerprint density at radius 2 is 2.32 bits per heavy atom. The lowest BCUT2D eigenvalue weighted by molar-refractivity contribution is 0.0995. The lowest BCUT2D eigenvalue weighted by Gasteiger charge is -2.27. The van der Waals surface area contributed by atoms with Crippen molar-refractivity contribution in [3.8, 4) is 0 Å². The van der Waals surface area contributed by atoms with Crippen LogP contribution in [0.1, 0.15) is 23.3 Å².